The average molecular weight is 378 g/mol. The number of amides is 1. The monoisotopic (exact) mass is 378 g/mol. The van der Waals surface area contributed by atoms with Crippen LogP contribution in [-0.2, 0) is 10.0 Å². The molecular weight excluding hydrogens is 359 g/mol. The van der Waals surface area contributed by atoms with Gasteiger partial charge in [-0.15, -0.1) is 0 Å². The van der Waals surface area contributed by atoms with E-state index in [1.54, 1.807) is 18.2 Å². The van der Waals surface area contributed by atoms with Gasteiger partial charge in [-0.2, -0.15) is 4.31 Å². The number of hydrogen-bond donors (Lipinski definition) is 0. The van der Waals surface area contributed by atoms with E-state index in [2.05, 4.69) is 0 Å². The highest BCUT2D eigenvalue weighted by atomic mass is 32.2. The molecule has 0 aromatic heterocycles. The zero-order chi connectivity index (χ0) is 18.7. The highest BCUT2D eigenvalue weighted by molar-refractivity contribution is 7.89. The summed E-state index contributed by atoms with van der Waals surface area (Å²) in [4.78, 5) is 14.1. The van der Waals surface area contributed by atoms with Crippen LogP contribution in [-0.4, -0.2) is 56.8 Å². The Hall–Kier alpha value is -2.45. The maximum absolute atomic E-state index is 13.8. The zero-order valence-electron chi connectivity index (χ0n) is 14.3. The second kappa shape index (κ2) is 7.43. The number of rotatable bonds is 4. The van der Waals surface area contributed by atoms with E-state index in [9.17, 15) is 17.6 Å². The van der Waals surface area contributed by atoms with Crippen molar-refractivity contribution in [3.8, 4) is 5.75 Å². The number of hydrogen-bond acceptors (Lipinski definition) is 4. The smallest absolute Gasteiger partial charge is 0.256 e. The third-order valence-corrected chi connectivity index (χ3v) is 6.24. The number of piperazine rings is 1. The number of halogens is 1. The molecular formula is C18H19FN2O4S. The Morgan fingerprint density at radius 2 is 1.62 bits per heavy atom. The van der Waals surface area contributed by atoms with Crippen molar-refractivity contribution in [2.45, 2.75) is 4.90 Å². The number of methoxy groups -OCH3 is 1. The largest absolute Gasteiger partial charge is 0.497 e. The average Bonchev–Trinajstić information content (AvgIpc) is 2.68. The molecule has 26 heavy (non-hydrogen) atoms. The summed E-state index contributed by atoms with van der Waals surface area (Å²) in [5.41, 5.74) is -0.000962. The lowest BCUT2D eigenvalue weighted by atomic mass is 10.1. The molecule has 8 heteroatoms. The van der Waals surface area contributed by atoms with Gasteiger partial charge in [0.25, 0.3) is 5.91 Å². The fraction of sp³-hybridized carbons (Fsp3) is 0.278. The lowest BCUT2D eigenvalue weighted by molar-refractivity contribution is 0.0693. The third-order valence-electron chi connectivity index (χ3n) is 4.33. The molecule has 1 amide bonds. The first-order valence-electron chi connectivity index (χ1n) is 8.11. The minimum absolute atomic E-state index is 0.000962. The molecule has 3 rings (SSSR count). The predicted octanol–water partition coefficient (Wildman–Crippen LogP) is 1.98. The van der Waals surface area contributed by atoms with Gasteiger partial charge in [0.15, 0.2) is 0 Å². The van der Waals surface area contributed by atoms with Gasteiger partial charge in [0.1, 0.15) is 11.6 Å². The first kappa shape index (κ1) is 18.3. The van der Waals surface area contributed by atoms with Crippen LogP contribution >= 0.6 is 0 Å². The third kappa shape index (κ3) is 3.56. The maximum atomic E-state index is 13.8. The minimum atomic E-state index is -3.64. The van der Waals surface area contributed by atoms with Crippen molar-refractivity contribution in [3.63, 3.8) is 0 Å². The van der Waals surface area contributed by atoms with Gasteiger partial charge in [-0.25, -0.2) is 12.8 Å². The van der Waals surface area contributed by atoms with Crippen LogP contribution in [0.15, 0.2) is 53.4 Å². The Morgan fingerprint density at radius 3 is 2.19 bits per heavy atom. The fourth-order valence-electron chi connectivity index (χ4n) is 2.83. The van der Waals surface area contributed by atoms with E-state index in [0.717, 1.165) is 0 Å². The molecule has 1 saturated heterocycles. The number of carbonyl (C=O) groups excluding carboxylic acids is 1. The highest BCUT2D eigenvalue weighted by Crippen LogP contribution is 2.21. The van der Waals surface area contributed by atoms with Crippen LogP contribution in [0.25, 0.3) is 0 Å². The van der Waals surface area contributed by atoms with Gasteiger partial charge in [0.2, 0.25) is 10.0 Å². The van der Waals surface area contributed by atoms with E-state index >= 15 is 0 Å². The Bertz CT molecular complexity index is 892. The minimum Gasteiger partial charge on any atom is -0.497 e. The zero-order valence-corrected chi connectivity index (χ0v) is 15.1. The summed E-state index contributed by atoms with van der Waals surface area (Å²) in [6.45, 7) is 0.744. The van der Waals surface area contributed by atoms with Crippen LogP contribution < -0.4 is 4.74 Å². The summed E-state index contributed by atoms with van der Waals surface area (Å²) >= 11 is 0. The first-order valence-corrected chi connectivity index (χ1v) is 9.55. The molecule has 0 saturated carbocycles. The van der Waals surface area contributed by atoms with Crippen LogP contribution in [0.5, 0.6) is 5.75 Å². The van der Waals surface area contributed by atoms with Gasteiger partial charge in [0, 0.05) is 26.2 Å². The molecule has 1 aliphatic rings. The fourth-order valence-corrected chi connectivity index (χ4v) is 4.26. The normalized spacial score (nSPS) is 15.7. The molecule has 0 radical (unpaired) electrons. The van der Waals surface area contributed by atoms with E-state index in [1.165, 1.54) is 46.6 Å². The quantitative estimate of drug-likeness (QED) is 0.816. The van der Waals surface area contributed by atoms with Gasteiger partial charge < -0.3 is 9.64 Å². The SMILES string of the molecule is COc1ccc(S(=O)(=O)N2CCN(C(=O)c3ccccc3F)CC2)cc1. The van der Waals surface area contributed by atoms with E-state index in [1.807, 2.05) is 0 Å². The van der Waals surface area contributed by atoms with E-state index in [0.29, 0.717) is 5.75 Å². The van der Waals surface area contributed by atoms with Gasteiger partial charge in [-0.1, -0.05) is 12.1 Å². The summed E-state index contributed by atoms with van der Waals surface area (Å²) in [6.07, 6.45) is 0. The topological polar surface area (TPSA) is 66.9 Å². The number of nitrogens with zero attached hydrogens (tertiary/aromatic N) is 2. The molecule has 0 unspecified atom stereocenters. The van der Waals surface area contributed by atoms with Crippen molar-refractivity contribution >= 4 is 15.9 Å². The summed E-state index contributed by atoms with van der Waals surface area (Å²) < 4.78 is 45.6. The molecule has 0 aliphatic carbocycles. The standard InChI is InChI=1S/C18H19FN2O4S/c1-25-14-6-8-15(9-7-14)26(23,24)21-12-10-20(11-13-21)18(22)16-4-2-3-5-17(16)19/h2-9H,10-13H2,1H3. The maximum Gasteiger partial charge on any atom is 0.256 e. The van der Waals surface area contributed by atoms with Gasteiger partial charge in [-0.3, -0.25) is 4.79 Å². The predicted molar refractivity (Wildman–Crippen MR) is 94.1 cm³/mol. The van der Waals surface area contributed by atoms with E-state index < -0.39 is 21.7 Å². The molecule has 1 heterocycles. The summed E-state index contributed by atoms with van der Waals surface area (Å²) in [5, 5.41) is 0. The Morgan fingerprint density at radius 1 is 1.00 bits per heavy atom. The van der Waals surface area contributed by atoms with Crippen molar-refractivity contribution in [3.05, 3.63) is 59.9 Å². The van der Waals surface area contributed by atoms with Gasteiger partial charge >= 0.3 is 0 Å². The first-order chi connectivity index (χ1) is 12.4. The molecule has 1 aliphatic heterocycles. The van der Waals surface area contributed by atoms with Crippen molar-refractivity contribution in [2.75, 3.05) is 33.3 Å². The number of benzene rings is 2. The molecule has 0 N–H and O–H groups in total. The van der Waals surface area contributed by atoms with Crippen molar-refractivity contribution in [2.24, 2.45) is 0 Å². The summed E-state index contributed by atoms with van der Waals surface area (Å²) in [6, 6.07) is 11.9. The van der Waals surface area contributed by atoms with Crippen molar-refractivity contribution in [1.29, 1.82) is 0 Å². The van der Waals surface area contributed by atoms with E-state index in [-0.39, 0.29) is 36.6 Å². The molecule has 138 valence electrons. The van der Waals surface area contributed by atoms with Crippen LogP contribution in [0.1, 0.15) is 10.4 Å². The van der Waals surface area contributed by atoms with Crippen LogP contribution in [0.3, 0.4) is 0 Å². The highest BCUT2D eigenvalue weighted by Gasteiger charge is 2.31. The molecule has 1 fully saturated rings. The molecule has 6 nitrogen and oxygen atoms in total. The van der Waals surface area contributed by atoms with Crippen LogP contribution in [0.2, 0.25) is 0 Å². The number of ether oxygens (including phenoxy) is 1. The second-order valence-corrected chi connectivity index (χ2v) is 7.79. The lowest BCUT2D eigenvalue weighted by Crippen LogP contribution is -2.50. The Labute approximate surface area is 151 Å². The molecule has 2 aromatic rings. The molecule has 2 aromatic carbocycles. The second-order valence-electron chi connectivity index (χ2n) is 5.85. The Kier molecular flexibility index (Phi) is 5.24. The van der Waals surface area contributed by atoms with Gasteiger partial charge in [-0.05, 0) is 36.4 Å². The molecule has 0 spiro atoms. The lowest BCUT2D eigenvalue weighted by Gasteiger charge is -2.34. The summed E-state index contributed by atoms with van der Waals surface area (Å²) in [7, 11) is -2.13. The number of carbonyl (C=O) groups is 1. The Balaban J connectivity index is 1.69. The van der Waals surface area contributed by atoms with Gasteiger partial charge in [0.05, 0.1) is 17.6 Å². The van der Waals surface area contributed by atoms with Crippen LogP contribution in [0, 0.1) is 5.82 Å². The van der Waals surface area contributed by atoms with Crippen molar-refractivity contribution in [1.82, 2.24) is 9.21 Å². The van der Waals surface area contributed by atoms with E-state index in [4.69, 9.17) is 4.74 Å². The summed E-state index contributed by atoms with van der Waals surface area (Å²) in [5.74, 6) is -0.431. The number of sulfonamides is 1. The molecule has 0 atom stereocenters. The van der Waals surface area contributed by atoms with Crippen molar-refractivity contribution < 1.29 is 22.3 Å². The van der Waals surface area contributed by atoms with Crippen LogP contribution in [0.4, 0.5) is 4.39 Å². The molecule has 0 bridgehead atoms.